The van der Waals surface area contributed by atoms with E-state index in [1.807, 2.05) is 0 Å². The van der Waals surface area contributed by atoms with Crippen LogP contribution in [0.15, 0.2) is 17.3 Å². The zero-order chi connectivity index (χ0) is 7.45. The van der Waals surface area contributed by atoms with Crippen LogP contribution in [0.1, 0.15) is 0 Å². The van der Waals surface area contributed by atoms with Crippen LogP contribution in [0.4, 0.5) is 0 Å². The fraction of sp³-hybridized carbons (Fsp3) is 0.200. The standard InChI is InChI=1S/C5H7N3O2/c9-4-8-5(10)1-2-6-3-7-5/h1-4,10H,(H,6,7)(H,8,9). The minimum absolute atomic E-state index is 0.382. The number of carbonyl (C=O) groups is 1. The van der Waals surface area contributed by atoms with Gasteiger partial charge in [0.2, 0.25) is 6.41 Å². The Hall–Kier alpha value is -1.36. The first-order valence-electron chi connectivity index (χ1n) is 2.68. The molecule has 54 valence electrons. The van der Waals surface area contributed by atoms with Crippen molar-refractivity contribution in [2.24, 2.45) is 4.99 Å². The Balaban J connectivity index is 2.65. The van der Waals surface area contributed by atoms with Crippen molar-refractivity contribution in [1.82, 2.24) is 10.6 Å². The molecule has 1 heterocycles. The molecule has 0 aromatic carbocycles. The first kappa shape index (κ1) is 6.76. The van der Waals surface area contributed by atoms with E-state index in [0.29, 0.717) is 6.41 Å². The Morgan fingerprint density at radius 3 is 3.10 bits per heavy atom. The summed E-state index contributed by atoms with van der Waals surface area (Å²) in [4.78, 5) is 13.4. The summed E-state index contributed by atoms with van der Waals surface area (Å²) < 4.78 is 0. The van der Waals surface area contributed by atoms with E-state index in [-0.39, 0.29) is 0 Å². The summed E-state index contributed by atoms with van der Waals surface area (Å²) in [5, 5.41) is 13.9. The predicted octanol–water partition coefficient (Wildman–Crippen LogP) is -1.48. The Morgan fingerprint density at radius 2 is 2.60 bits per heavy atom. The number of rotatable bonds is 2. The first-order chi connectivity index (χ1) is 4.77. The number of hydrogen-bond donors (Lipinski definition) is 3. The lowest BCUT2D eigenvalue weighted by Crippen LogP contribution is -2.43. The SMILES string of the molecule is O=CNC1(O)C=CNC=N1. The van der Waals surface area contributed by atoms with Crippen LogP contribution in [0.2, 0.25) is 0 Å². The molecule has 0 fully saturated rings. The Bertz CT molecular complexity index is 175. The fourth-order valence-corrected chi connectivity index (χ4v) is 0.558. The summed E-state index contributed by atoms with van der Waals surface area (Å²) in [5.41, 5.74) is 0. The zero-order valence-corrected chi connectivity index (χ0v) is 5.11. The van der Waals surface area contributed by atoms with Gasteiger partial charge in [-0.3, -0.25) is 4.79 Å². The smallest absolute Gasteiger partial charge is 0.259 e. The molecule has 1 atom stereocenters. The van der Waals surface area contributed by atoms with Gasteiger partial charge in [0.05, 0.1) is 6.34 Å². The van der Waals surface area contributed by atoms with Crippen LogP contribution in [0.3, 0.4) is 0 Å². The summed E-state index contributed by atoms with van der Waals surface area (Å²) >= 11 is 0. The van der Waals surface area contributed by atoms with Gasteiger partial charge in [0.1, 0.15) is 0 Å². The highest BCUT2D eigenvalue weighted by atomic mass is 16.3. The second-order valence-electron chi connectivity index (χ2n) is 1.75. The first-order valence-corrected chi connectivity index (χ1v) is 2.68. The van der Waals surface area contributed by atoms with E-state index in [0.717, 1.165) is 0 Å². The second-order valence-corrected chi connectivity index (χ2v) is 1.75. The van der Waals surface area contributed by atoms with E-state index in [1.54, 1.807) is 0 Å². The molecule has 3 N–H and O–H groups in total. The molecule has 1 aliphatic heterocycles. The average Bonchev–Trinajstić information content (AvgIpc) is 1.89. The van der Waals surface area contributed by atoms with Crippen molar-refractivity contribution < 1.29 is 9.90 Å². The lowest BCUT2D eigenvalue weighted by molar-refractivity contribution is -0.114. The van der Waals surface area contributed by atoms with Gasteiger partial charge in [0, 0.05) is 12.3 Å². The van der Waals surface area contributed by atoms with Crippen LogP contribution in [0, 0.1) is 0 Å². The van der Waals surface area contributed by atoms with Crippen LogP contribution >= 0.6 is 0 Å². The number of hydrogen-bond acceptors (Lipinski definition) is 4. The third kappa shape index (κ3) is 1.32. The van der Waals surface area contributed by atoms with Crippen LogP contribution in [-0.4, -0.2) is 23.7 Å². The molecule has 0 aliphatic carbocycles. The number of nitrogens with zero attached hydrogens (tertiary/aromatic N) is 1. The molecule has 0 saturated carbocycles. The molecule has 0 bridgehead atoms. The summed E-state index contributed by atoms with van der Waals surface area (Å²) in [6.07, 6.45) is 4.47. The van der Waals surface area contributed by atoms with Crippen molar-refractivity contribution in [3.05, 3.63) is 12.3 Å². The van der Waals surface area contributed by atoms with Gasteiger partial charge >= 0.3 is 0 Å². The van der Waals surface area contributed by atoms with Crippen LogP contribution in [0.5, 0.6) is 0 Å². The summed E-state index contributed by atoms with van der Waals surface area (Å²) in [6.45, 7) is 0. The van der Waals surface area contributed by atoms with E-state index < -0.39 is 5.85 Å². The molecule has 0 radical (unpaired) electrons. The monoisotopic (exact) mass is 141 g/mol. The number of carbonyl (C=O) groups excluding carboxylic acids is 1. The van der Waals surface area contributed by atoms with E-state index in [1.165, 1.54) is 18.6 Å². The van der Waals surface area contributed by atoms with E-state index >= 15 is 0 Å². The highest BCUT2D eigenvalue weighted by Gasteiger charge is 2.20. The molecule has 0 aromatic heterocycles. The largest absolute Gasteiger partial charge is 0.353 e. The summed E-state index contributed by atoms with van der Waals surface area (Å²) in [6, 6.07) is 0. The van der Waals surface area contributed by atoms with Gasteiger partial charge in [-0.1, -0.05) is 0 Å². The molecular weight excluding hydrogens is 134 g/mol. The van der Waals surface area contributed by atoms with Crippen LogP contribution in [-0.2, 0) is 4.79 Å². The molecule has 5 heteroatoms. The number of amides is 1. The Kier molecular flexibility index (Phi) is 1.68. The van der Waals surface area contributed by atoms with Crippen molar-refractivity contribution >= 4 is 12.7 Å². The maximum absolute atomic E-state index is 9.88. The number of aliphatic hydroxyl groups is 1. The van der Waals surface area contributed by atoms with Crippen molar-refractivity contribution in [3.8, 4) is 0 Å². The normalized spacial score (nSPS) is 29.3. The Morgan fingerprint density at radius 1 is 1.80 bits per heavy atom. The summed E-state index contributed by atoms with van der Waals surface area (Å²) in [7, 11) is 0. The van der Waals surface area contributed by atoms with Crippen molar-refractivity contribution in [3.63, 3.8) is 0 Å². The van der Waals surface area contributed by atoms with Gasteiger partial charge in [0.25, 0.3) is 5.85 Å². The van der Waals surface area contributed by atoms with Crippen LogP contribution < -0.4 is 10.6 Å². The van der Waals surface area contributed by atoms with E-state index in [4.69, 9.17) is 0 Å². The summed E-state index contributed by atoms with van der Waals surface area (Å²) in [5.74, 6) is -1.56. The molecule has 0 saturated heterocycles. The van der Waals surface area contributed by atoms with E-state index in [9.17, 15) is 9.90 Å². The van der Waals surface area contributed by atoms with Crippen molar-refractivity contribution in [2.45, 2.75) is 5.85 Å². The third-order valence-electron chi connectivity index (χ3n) is 1.02. The molecule has 1 rings (SSSR count). The van der Waals surface area contributed by atoms with Gasteiger partial charge < -0.3 is 15.7 Å². The zero-order valence-electron chi connectivity index (χ0n) is 5.11. The van der Waals surface area contributed by atoms with Gasteiger partial charge in [-0.2, -0.15) is 0 Å². The maximum atomic E-state index is 9.88. The van der Waals surface area contributed by atoms with E-state index in [2.05, 4.69) is 15.6 Å². The predicted molar refractivity (Wildman–Crippen MR) is 34.9 cm³/mol. The molecule has 1 amide bonds. The number of aliphatic imine (C=N–C) groups is 1. The molecule has 0 spiro atoms. The lowest BCUT2D eigenvalue weighted by atomic mass is 10.4. The molecular formula is C5H7N3O2. The molecule has 1 unspecified atom stereocenters. The van der Waals surface area contributed by atoms with Gasteiger partial charge in [-0.15, -0.1) is 0 Å². The molecule has 1 aliphatic rings. The van der Waals surface area contributed by atoms with Crippen LogP contribution in [0.25, 0.3) is 0 Å². The molecule has 5 nitrogen and oxygen atoms in total. The van der Waals surface area contributed by atoms with Gasteiger partial charge in [-0.25, -0.2) is 4.99 Å². The minimum Gasteiger partial charge on any atom is -0.353 e. The van der Waals surface area contributed by atoms with Crippen molar-refractivity contribution in [1.29, 1.82) is 0 Å². The highest BCUT2D eigenvalue weighted by molar-refractivity contribution is 5.59. The Labute approximate surface area is 57.5 Å². The minimum atomic E-state index is -1.56. The number of nitrogens with one attached hydrogen (secondary N) is 2. The molecule has 10 heavy (non-hydrogen) atoms. The fourth-order valence-electron chi connectivity index (χ4n) is 0.558. The van der Waals surface area contributed by atoms with Gasteiger partial charge in [0.15, 0.2) is 0 Å². The quantitative estimate of drug-likeness (QED) is 0.324. The molecule has 0 aromatic rings. The maximum Gasteiger partial charge on any atom is 0.259 e. The topological polar surface area (TPSA) is 73.7 Å². The highest BCUT2D eigenvalue weighted by Crippen LogP contribution is 2.03. The van der Waals surface area contributed by atoms with Gasteiger partial charge in [-0.05, 0) is 0 Å². The lowest BCUT2D eigenvalue weighted by Gasteiger charge is -2.19. The second kappa shape index (κ2) is 2.49. The average molecular weight is 141 g/mol. The van der Waals surface area contributed by atoms with Crippen molar-refractivity contribution in [2.75, 3.05) is 0 Å². The third-order valence-corrected chi connectivity index (χ3v) is 1.02.